The van der Waals surface area contributed by atoms with Gasteiger partial charge in [-0.2, -0.15) is 0 Å². The van der Waals surface area contributed by atoms with E-state index in [0.717, 1.165) is 4.31 Å². The summed E-state index contributed by atoms with van der Waals surface area (Å²) in [5, 5.41) is 20.3. The number of hydrogen-bond acceptors (Lipinski definition) is 6. The molecule has 2 N–H and O–H groups in total. The maximum Gasteiger partial charge on any atom is 0.268 e. The number of para-hydroxylation sites is 3. The molecule has 1 saturated heterocycles. The summed E-state index contributed by atoms with van der Waals surface area (Å²) in [5.41, 5.74) is 0.292. The van der Waals surface area contributed by atoms with Crippen molar-refractivity contribution in [2.75, 3.05) is 17.5 Å². The van der Waals surface area contributed by atoms with Crippen LogP contribution in [-0.4, -0.2) is 50.1 Å². The molecule has 0 aliphatic carbocycles. The molecule has 132 valence electrons. The summed E-state index contributed by atoms with van der Waals surface area (Å²) in [4.78, 5) is -0.00142. The Morgan fingerprint density at radius 1 is 0.960 bits per heavy atom. The topological polar surface area (TPSA) is 96.3 Å². The van der Waals surface area contributed by atoms with E-state index < -0.39 is 28.3 Å². The van der Waals surface area contributed by atoms with Gasteiger partial charge in [-0.05, 0) is 24.3 Å². The number of hydrogen-bond donors (Lipinski definition) is 2. The first kappa shape index (κ1) is 16.3. The van der Waals surface area contributed by atoms with E-state index in [4.69, 9.17) is 9.47 Å². The fraction of sp³-hybridized carbons (Fsp3) is 0.294. The highest BCUT2D eigenvalue weighted by atomic mass is 32.2. The minimum Gasteiger partial charge on any atom is -0.454 e. The highest BCUT2D eigenvalue weighted by molar-refractivity contribution is 7.93. The smallest absolute Gasteiger partial charge is 0.268 e. The molecule has 2 aliphatic rings. The van der Waals surface area contributed by atoms with Gasteiger partial charge in [-0.3, -0.25) is 4.31 Å². The van der Waals surface area contributed by atoms with Crippen molar-refractivity contribution >= 4 is 15.7 Å². The Labute approximate surface area is 145 Å². The summed E-state index contributed by atoms with van der Waals surface area (Å²) in [5.74, 6) is 0.563. The number of aliphatic hydroxyl groups is 2. The monoisotopic (exact) mass is 363 g/mol. The molecule has 2 heterocycles. The molecular weight excluding hydrogens is 346 g/mol. The Morgan fingerprint density at radius 3 is 2.44 bits per heavy atom. The van der Waals surface area contributed by atoms with E-state index in [2.05, 4.69) is 0 Å². The Morgan fingerprint density at radius 2 is 1.64 bits per heavy atom. The minimum absolute atomic E-state index is 0.00142. The van der Waals surface area contributed by atoms with Gasteiger partial charge in [-0.25, -0.2) is 8.42 Å². The minimum atomic E-state index is -4.03. The molecular formula is C17H17NO6S. The zero-order chi connectivity index (χ0) is 17.6. The summed E-state index contributed by atoms with van der Waals surface area (Å²) < 4.78 is 38.9. The van der Waals surface area contributed by atoms with Crippen LogP contribution >= 0.6 is 0 Å². The molecule has 1 fully saturated rings. The Hall–Kier alpha value is -2.13. The van der Waals surface area contributed by atoms with Crippen molar-refractivity contribution in [1.82, 2.24) is 0 Å². The SMILES string of the molecule is O=S1(=O)c2ccccc2Oc2ccccc2N1[C@H]1COC[C@H](O)[C@@H]1O. The number of fused-ring (bicyclic) bond motifs is 2. The van der Waals surface area contributed by atoms with Crippen LogP contribution in [-0.2, 0) is 14.8 Å². The molecule has 0 spiro atoms. The van der Waals surface area contributed by atoms with Crippen molar-refractivity contribution in [3.63, 3.8) is 0 Å². The molecule has 2 aromatic rings. The second kappa shape index (κ2) is 5.99. The van der Waals surface area contributed by atoms with Gasteiger partial charge in [0, 0.05) is 0 Å². The Kier molecular flexibility index (Phi) is 3.92. The van der Waals surface area contributed by atoms with Gasteiger partial charge in [0.1, 0.15) is 22.9 Å². The van der Waals surface area contributed by atoms with Crippen LogP contribution in [0, 0.1) is 0 Å². The average molecular weight is 363 g/mol. The maximum absolute atomic E-state index is 13.3. The molecule has 8 heteroatoms. The third-order valence-electron chi connectivity index (χ3n) is 4.38. The van der Waals surface area contributed by atoms with Gasteiger partial charge in [0.25, 0.3) is 10.0 Å². The lowest BCUT2D eigenvalue weighted by Crippen LogP contribution is -2.57. The summed E-state index contributed by atoms with van der Waals surface area (Å²) in [6.07, 6.45) is -2.44. The molecule has 4 rings (SSSR count). The Bertz CT molecular complexity index is 900. The van der Waals surface area contributed by atoms with E-state index in [-0.39, 0.29) is 23.9 Å². The summed E-state index contributed by atoms with van der Waals surface area (Å²) in [6.45, 7) is -0.0752. The lowest BCUT2D eigenvalue weighted by atomic mass is 10.0. The maximum atomic E-state index is 13.3. The summed E-state index contributed by atoms with van der Waals surface area (Å²) >= 11 is 0. The molecule has 0 unspecified atom stereocenters. The van der Waals surface area contributed by atoms with Crippen LogP contribution in [0.15, 0.2) is 53.4 Å². The first-order valence-corrected chi connectivity index (χ1v) is 9.28. The van der Waals surface area contributed by atoms with Crippen LogP contribution in [0.25, 0.3) is 0 Å². The molecule has 2 aromatic carbocycles. The van der Waals surface area contributed by atoms with E-state index in [0.29, 0.717) is 11.4 Å². The summed E-state index contributed by atoms with van der Waals surface area (Å²) in [7, 11) is -4.03. The second-order valence-electron chi connectivity index (χ2n) is 5.98. The second-order valence-corrected chi connectivity index (χ2v) is 7.76. The first-order chi connectivity index (χ1) is 12.0. The van der Waals surface area contributed by atoms with Gasteiger partial charge in [0.2, 0.25) is 0 Å². The molecule has 0 radical (unpaired) electrons. The van der Waals surface area contributed by atoms with Crippen molar-refractivity contribution in [3.8, 4) is 11.5 Å². The fourth-order valence-corrected chi connectivity index (χ4v) is 4.93. The fourth-order valence-electron chi connectivity index (χ4n) is 3.15. The van der Waals surface area contributed by atoms with Crippen LogP contribution < -0.4 is 9.04 Å². The molecule has 0 amide bonds. The third kappa shape index (κ3) is 2.58. The zero-order valence-electron chi connectivity index (χ0n) is 13.1. The molecule has 25 heavy (non-hydrogen) atoms. The predicted molar refractivity (Wildman–Crippen MR) is 89.2 cm³/mol. The van der Waals surface area contributed by atoms with E-state index in [1.165, 1.54) is 6.07 Å². The zero-order valence-corrected chi connectivity index (χ0v) is 14.0. The number of anilines is 1. The van der Waals surface area contributed by atoms with Crippen molar-refractivity contribution < 1.29 is 28.1 Å². The van der Waals surface area contributed by atoms with Gasteiger partial charge in [-0.15, -0.1) is 0 Å². The van der Waals surface area contributed by atoms with Gasteiger partial charge in [0.05, 0.1) is 24.9 Å². The number of rotatable bonds is 1. The van der Waals surface area contributed by atoms with Crippen molar-refractivity contribution in [3.05, 3.63) is 48.5 Å². The molecule has 3 atom stereocenters. The van der Waals surface area contributed by atoms with Gasteiger partial charge in [0.15, 0.2) is 5.75 Å². The average Bonchev–Trinajstić information content (AvgIpc) is 2.69. The molecule has 0 saturated carbocycles. The van der Waals surface area contributed by atoms with Crippen LogP contribution in [0.2, 0.25) is 0 Å². The van der Waals surface area contributed by atoms with Gasteiger partial charge < -0.3 is 19.7 Å². The number of ether oxygens (including phenoxy) is 2. The van der Waals surface area contributed by atoms with Crippen LogP contribution in [0.4, 0.5) is 5.69 Å². The van der Waals surface area contributed by atoms with E-state index in [1.807, 2.05) is 0 Å². The molecule has 0 aromatic heterocycles. The highest BCUT2D eigenvalue weighted by Crippen LogP contribution is 2.44. The number of sulfonamides is 1. The van der Waals surface area contributed by atoms with Crippen molar-refractivity contribution in [2.24, 2.45) is 0 Å². The predicted octanol–water partition coefficient (Wildman–Crippen LogP) is 1.11. The normalized spacial score (nSPS) is 27.6. The van der Waals surface area contributed by atoms with Crippen LogP contribution in [0.5, 0.6) is 11.5 Å². The Balaban J connectivity index is 1.95. The number of benzene rings is 2. The summed E-state index contributed by atoms with van der Waals surface area (Å²) in [6, 6.07) is 12.0. The first-order valence-electron chi connectivity index (χ1n) is 7.84. The number of nitrogens with zero attached hydrogens (tertiary/aromatic N) is 1. The number of aliphatic hydroxyl groups excluding tert-OH is 2. The lowest BCUT2D eigenvalue weighted by molar-refractivity contribution is -0.0953. The standard InChI is InChI=1S/C17H17NO6S/c19-13-10-23-9-12(17(13)20)18-11-5-1-2-6-14(11)24-15-7-3-4-8-16(15)25(18,21)22/h1-8,12-13,17,19-20H,9-10H2/t12-,13-,17+/m0/s1. The van der Waals surface area contributed by atoms with Gasteiger partial charge >= 0.3 is 0 Å². The molecule has 2 aliphatic heterocycles. The van der Waals surface area contributed by atoms with Crippen LogP contribution in [0.3, 0.4) is 0 Å². The largest absolute Gasteiger partial charge is 0.454 e. The van der Waals surface area contributed by atoms with E-state index in [9.17, 15) is 18.6 Å². The quantitative estimate of drug-likeness (QED) is 0.788. The van der Waals surface area contributed by atoms with Gasteiger partial charge in [-0.1, -0.05) is 24.3 Å². The lowest BCUT2D eigenvalue weighted by Gasteiger charge is -2.39. The van der Waals surface area contributed by atoms with E-state index >= 15 is 0 Å². The van der Waals surface area contributed by atoms with Crippen LogP contribution in [0.1, 0.15) is 0 Å². The van der Waals surface area contributed by atoms with Crippen molar-refractivity contribution in [1.29, 1.82) is 0 Å². The molecule has 7 nitrogen and oxygen atoms in total. The molecule has 0 bridgehead atoms. The third-order valence-corrected chi connectivity index (χ3v) is 6.25. The van der Waals surface area contributed by atoms with Crippen molar-refractivity contribution in [2.45, 2.75) is 23.1 Å². The van der Waals surface area contributed by atoms with E-state index in [1.54, 1.807) is 42.5 Å². The highest BCUT2D eigenvalue weighted by Gasteiger charge is 2.44.